The minimum atomic E-state index is -0.254. The van der Waals surface area contributed by atoms with Gasteiger partial charge in [0.2, 0.25) is 0 Å². The fourth-order valence-electron chi connectivity index (χ4n) is 2.15. The van der Waals surface area contributed by atoms with Crippen molar-refractivity contribution in [3.8, 4) is 5.69 Å². The van der Waals surface area contributed by atoms with Crippen molar-refractivity contribution in [2.45, 2.75) is 33.2 Å². The smallest absolute Gasteiger partial charge is 0.251 e. The number of carbonyl (C=O) groups excluding carboxylic acids is 1. The van der Waals surface area contributed by atoms with Crippen LogP contribution in [0.15, 0.2) is 24.3 Å². The van der Waals surface area contributed by atoms with E-state index in [1.54, 1.807) is 29.8 Å². The van der Waals surface area contributed by atoms with Crippen LogP contribution in [0.5, 0.6) is 0 Å². The Morgan fingerprint density at radius 1 is 1.45 bits per heavy atom. The minimum absolute atomic E-state index is 0.0768. The van der Waals surface area contributed by atoms with Gasteiger partial charge in [-0.15, -0.1) is 5.10 Å². The first-order valence-corrected chi connectivity index (χ1v) is 7.34. The molecule has 2 rings (SSSR count). The standard InChI is InChI=1S/C15H21N5O2/c1-4-10(2)14(9-21)16-15(22)12-6-5-7-13(8-12)20-11(3)17-18-19-20/h5-8,10,14,21H,4,9H2,1-3H3,(H,16,22)/t10-,14+/m1/s1. The summed E-state index contributed by atoms with van der Waals surface area (Å²) in [5.74, 6) is 0.635. The Kier molecular flexibility index (Phi) is 5.21. The van der Waals surface area contributed by atoms with E-state index in [1.165, 1.54) is 0 Å². The van der Waals surface area contributed by atoms with Gasteiger partial charge in [0.25, 0.3) is 5.91 Å². The lowest BCUT2D eigenvalue weighted by Gasteiger charge is -2.22. The van der Waals surface area contributed by atoms with Gasteiger partial charge < -0.3 is 10.4 Å². The molecular formula is C15H21N5O2. The maximum atomic E-state index is 12.4. The number of hydrogen-bond acceptors (Lipinski definition) is 5. The van der Waals surface area contributed by atoms with E-state index in [0.29, 0.717) is 11.4 Å². The zero-order valence-electron chi connectivity index (χ0n) is 13.0. The van der Waals surface area contributed by atoms with Crippen molar-refractivity contribution in [3.05, 3.63) is 35.7 Å². The van der Waals surface area contributed by atoms with Crippen molar-refractivity contribution in [1.82, 2.24) is 25.5 Å². The first-order valence-electron chi connectivity index (χ1n) is 7.34. The number of aliphatic hydroxyl groups excluding tert-OH is 1. The molecule has 0 radical (unpaired) electrons. The van der Waals surface area contributed by atoms with Crippen molar-refractivity contribution in [2.75, 3.05) is 6.61 Å². The number of carbonyl (C=O) groups is 1. The lowest BCUT2D eigenvalue weighted by atomic mass is 9.99. The van der Waals surface area contributed by atoms with Gasteiger partial charge in [0.05, 0.1) is 18.3 Å². The van der Waals surface area contributed by atoms with Crippen LogP contribution in [0.1, 0.15) is 36.5 Å². The summed E-state index contributed by atoms with van der Waals surface area (Å²) < 4.78 is 1.56. The van der Waals surface area contributed by atoms with Crippen molar-refractivity contribution < 1.29 is 9.90 Å². The van der Waals surface area contributed by atoms with Crippen LogP contribution in [0.4, 0.5) is 0 Å². The highest BCUT2D eigenvalue weighted by Gasteiger charge is 2.18. The predicted octanol–water partition coefficient (Wildman–Crippen LogP) is 1.11. The van der Waals surface area contributed by atoms with Gasteiger partial charge in [0.15, 0.2) is 5.82 Å². The number of hydrogen-bond donors (Lipinski definition) is 2. The largest absolute Gasteiger partial charge is 0.394 e. The molecule has 0 aliphatic rings. The number of benzene rings is 1. The molecule has 1 amide bonds. The molecule has 118 valence electrons. The monoisotopic (exact) mass is 303 g/mol. The molecule has 0 bridgehead atoms. The predicted molar refractivity (Wildman–Crippen MR) is 81.7 cm³/mol. The van der Waals surface area contributed by atoms with E-state index in [-0.39, 0.29) is 24.5 Å². The molecule has 0 aliphatic carbocycles. The van der Waals surface area contributed by atoms with E-state index in [4.69, 9.17) is 0 Å². The summed E-state index contributed by atoms with van der Waals surface area (Å²) in [4.78, 5) is 12.4. The number of nitrogens with zero attached hydrogens (tertiary/aromatic N) is 4. The Hall–Kier alpha value is -2.28. The van der Waals surface area contributed by atoms with Crippen LogP contribution < -0.4 is 5.32 Å². The lowest BCUT2D eigenvalue weighted by Crippen LogP contribution is -2.41. The first-order chi connectivity index (χ1) is 10.6. The molecule has 0 aliphatic heterocycles. The molecule has 0 saturated heterocycles. The molecule has 2 atom stereocenters. The quantitative estimate of drug-likeness (QED) is 0.834. The van der Waals surface area contributed by atoms with Crippen LogP contribution in [0.25, 0.3) is 5.69 Å². The second-order valence-electron chi connectivity index (χ2n) is 5.34. The first kappa shape index (κ1) is 16.1. The Bertz CT molecular complexity index is 640. The number of tetrazole rings is 1. The zero-order chi connectivity index (χ0) is 16.1. The zero-order valence-corrected chi connectivity index (χ0v) is 13.0. The van der Waals surface area contributed by atoms with Gasteiger partial charge in [0, 0.05) is 5.56 Å². The van der Waals surface area contributed by atoms with Gasteiger partial charge in [-0.25, -0.2) is 0 Å². The molecule has 0 saturated carbocycles. The highest BCUT2D eigenvalue weighted by molar-refractivity contribution is 5.94. The summed E-state index contributed by atoms with van der Waals surface area (Å²) in [6, 6.07) is 6.81. The Morgan fingerprint density at radius 2 is 2.23 bits per heavy atom. The normalized spacial score (nSPS) is 13.6. The number of rotatable bonds is 6. The summed E-state index contributed by atoms with van der Waals surface area (Å²) in [6.07, 6.45) is 0.884. The highest BCUT2D eigenvalue weighted by Crippen LogP contribution is 2.12. The minimum Gasteiger partial charge on any atom is -0.394 e. The summed E-state index contributed by atoms with van der Waals surface area (Å²) in [6.45, 7) is 5.74. The number of aromatic nitrogens is 4. The fraction of sp³-hybridized carbons (Fsp3) is 0.467. The average molecular weight is 303 g/mol. The molecular weight excluding hydrogens is 282 g/mol. The van der Waals surface area contributed by atoms with E-state index in [9.17, 15) is 9.90 Å². The van der Waals surface area contributed by atoms with Crippen LogP contribution >= 0.6 is 0 Å². The Morgan fingerprint density at radius 3 is 2.82 bits per heavy atom. The van der Waals surface area contributed by atoms with Crippen LogP contribution in [0.2, 0.25) is 0 Å². The summed E-state index contributed by atoms with van der Waals surface area (Å²) in [5, 5.41) is 23.6. The third-order valence-electron chi connectivity index (χ3n) is 3.82. The second-order valence-corrected chi connectivity index (χ2v) is 5.34. The van der Waals surface area contributed by atoms with E-state index in [1.807, 2.05) is 19.9 Å². The molecule has 1 heterocycles. The number of aryl methyl sites for hydroxylation is 1. The summed E-state index contributed by atoms with van der Waals surface area (Å²) in [5.41, 5.74) is 1.23. The molecule has 0 unspecified atom stereocenters. The maximum Gasteiger partial charge on any atom is 0.251 e. The van der Waals surface area contributed by atoms with Crippen molar-refractivity contribution in [1.29, 1.82) is 0 Å². The third-order valence-corrected chi connectivity index (χ3v) is 3.82. The van der Waals surface area contributed by atoms with E-state index in [0.717, 1.165) is 12.1 Å². The molecule has 2 aromatic rings. The van der Waals surface area contributed by atoms with Crippen molar-refractivity contribution in [3.63, 3.8) is 0 Å². The molecule has 0 spiro atoms. The summed E-state index contributed by atoms with van der Waals surface area (Å²) in [7, 11) is 0. The molecule has 2 N–H and O–H groups in total. The van der Waals surface area contributed by atoms with Crippen LogP contribution in [-0.4, -0.2) is 43.9 Å². The van der Waals surface area contributed by atoms with Crippen LogP contribution in [0.3, 0.4) is 0 Å². The SMILES string of the molecule is CC[C@@H](C)[C@H](CO)NC(=O)c1cccc(-n2nnnc2C)c1. The summed E-state index contributed by atoms with van der Waals surface area (Å²) >= 11 is 0. The number of aliphatic hydroxyl groups is 1. The fourth-order valence-corrected chi connectivity index (χ4v) is 2.15. The Balaban J connectivity index is 2.19. The van der Waals surface area contributed by atoms with Gasteiger partial charge in [-0.3, -0.25) is 4.79 Å². The molecule has 1 aromatic heterocycles. The third kappa shape index (κ3) is 3.48. The van der Waals surface area contributed by atoms with Gasteiger partial charge in [-0.05, 0) is 41.5 Å². The van der Waals surface area contributed by atoms with Crippen molar-refractivity contribution >= 4 is 5.91 Å². The molecule has 1 aromatic carbocycles. The maximum absolute atomic E-state index is 12.4. The molecule has 22 heavy (non-hydrogen) atoms. The van der Waals surface area contributed by atoms with Crippen LogP contribution in [-0.2, 0) is 0 Å². The lowest BCUT2D eigenvalue weighted by molar-refractivity contribution is 0.0891. The average Bonchev–Trinajstić information content (AvgIpc) is 2.97. The second kappa shape index (κ2) is 7.13. The van der Waals surface area contributed by atoms with E-state index >= 15 is 0 Å². The Labute approximate surface area is 129 Å². The molecule has 7 nitrogen and oxygen atoms in total. The van der Waals surface area contributed by atoms with Crippen LogP contribution in [0, 0.1) is 12.8 Å². The van der Waals surface area contributed by atoms with Gasteiger partial charge >= 0.3 is 0 Å². The van der Waals surface area contributed by atoms with E-state index in [2.05, 4.69) is 20.8 Å². The highest BCUT2D eigenvalue weighted by atomic mass is 16.3. The number of amides is 1. The molecule has 7 heteroatoms. The topological polar surface area (TPSA) is 92.9 Å². The van der Waals surface area contributed by atoms with Gasteiger partial charge in [0.1, 0.15) is 0 Å². The van der Waals surface area contributed by atoms with Gasteiger partial charge in [-0.2, -0.15) is 4.68 Å². The molecule has 0 fully saturated rings. The van der Waals surface area contributed by atoms with Gasteiger partial charge in [-0.1, -0.05) is 26.3 Å². The van der Waals surface area contributed by atoms with E-state index < -0.39 is 0 Å². The van der Waals surface area contributed by atoms with Crippen molar-refractivity contribution in [2.24, 2.45) is 5.92 Å². The number of nitrogens with one attached hydrogen (secondary N) is 1.